The van der Waals surface area contributed by atoms with Gasteiger partial charge in [-0.15, -0.1) is 0 Å². The molecule has 0 radical (unpaired) electrons. The Bertz CT molecular complexity index is 218. The summed E-state index contributed by atoms with van der Waals surface area (Å²) >= 11 is 0. The van der Waals surface area contributed by atoms with Crippen LogP contribution in [0.5, 0.6) is 0 Å². The number of allylic oxidation sites excluding steroid dienone is 1. The predicted molar refractivity (Wildman–Crippen MR) is 56.2 cm³/mol. The number of piperazine rings is 1. The van der Waals surface area contributed by atoms with Crippen molar-refractivity contribution < 1.29 is 0 Å². The van der Waals surface area contributed by atoms with Crippen LogP contribution >= 0.6 is 0 Å². The summed E-state index contributed by atoms with van der Waals surface area (Å²) in [5, 5.41) is 10.7. The molecule has 0 bridgehead atoms. The minimum absolute atomic E-state index is 0.594. The van der Waals surface area contributed by atoms with Gasteiger partial charge in [-0.1, -0.05) is 0 Å². The maximum atomic E-state index is 7.37. The van der Waals surface area contributed by atoms with E-state index in [2.05, 4.69) is 24.1 Å². The van der Waals surface area contributed by atoms with Gasteiger partial charge in [-0.05, 0) is 26.8 Å². The molecule has 13 heavy (non-hydrogen) atoms. The third kappa shape index (κ3) is 3.19. The third-order valence-electron chi connectivity index (χ3n) is 2.25. The summed E-state index contributed by atoms with van der Waals surface area (Å²) in [5.74, 6) is 0. The fraction of sp³-hybridized carbons (Fsp3) is 0.700. The molecule has 1 fully saturated rings. The van der Waals surface area contributed by atoms with Crippen LogP contribution in [0, 0.1) is 5.41 Å². The molecule has 74 valence electrons. The van der Waals surface area contributed by atoms with Gasteiger partial charge < -0.3 is 10.7 Å². The van der Waals surface area contributed by atoms with Crippen molar-refractivity contribution in [2.75, 3.05) is 19.6 Å². The Morgan fingerprint density at radius 2 is 2.31 bits per heavy atom. The molecular formula is C10H19N3. The van der Waals surface area contributed by atoms with Gasteiger partial charge in [0.05, 0.1) is 0 Å². The minimum Gasteiger partial charge on any atom is -0.386 e. The van der Waals surface area contributed by atoms with Crippen LogP contribution in [0.2, 0.25) is 0 Å². The Morgan fingerprint density at radius 1 is 1.62 bits per heavy atom. The Morgan fingerprint density at radius 3 is 2.85 bits per heavy atom. The summed E-state index contributed by atoms with van der Waals surface area (Å²) in [6, 6.07) is 0.594. The lowest BCUT2D eigenvalue weighted by atomic mass is 10.2. The molecule has 1 heterocycles. The Hall–Kier alpha value is -0.830. The second kappa shape index (κ2) is 4.42. The molecule has 0 aliphatic carbocycles. The molecule has 0 aromatic rings. The van der Waals surface area contributed by atoms with Gasteiger partial charge in [-0.2, -0.15) is 0 Å². The van der Waals surface area contributed by atoms with Gasteiger partial charge in [-0.25, -0.2) is 0 Å². The molecule has 0 atom stereocenters. The SMILES string of the molecule is CC(=N)/C=C1/CN(C(C)C)CCN1. The summed E-state index contributed by atoms with van der Waals surface area (Å²) in [7, 11) is 0. The zero-order valence-electron chi connectivity index (χ0n) is 8.72. The molecule has 0 saturated carbocycles. The fourth-order valence-corrected chi connectivity index (χ4v) is 1.51. The van der Waals surface area contributed by atoms with E-state index in [1.807, 2.05) is 13.0 Å². The Kier molecular flexibility index (Phi) is 3.48. The first-order chi connectivity index (χ1) is 6.09. The molecule has 0 unspecified atom stereocenters. The Balaban J connectivity index is 2.56. The summed E-state index contributed by atoms with van der Waals surface area (Å²) in [6.07, 6.45) is 1.91. The van der Waals surface area contributed by atoms with Crippen LogP contribution in [0.3, 0.4) is 0 Å². The van der Waals surface area contributed by atoms with Crippen molar-refractivity contribution >= 4 is 5.71 Å². The summed E-state index contributed by atoms with van der Waals surface area (Å²) in [4.78, 5) is 2.41. The van der Waals surface area contributed by atoms with E-state index >= 15 is 0 Å². The molecule has 0 aromatic heterocycles. The standard InChI is InChI=1S/C10H19N3/c1-8(2)13-5-4-12-10(7-13)6-9(3)11/h6,8,11-12H,4-5,7H2,1-3H3/b10-6-,11-9?. The normalized spacial score (nSPS) is 22.0. The van der Waals surface area contributed by atoms with Crippen molar-refractivity contribution in [3.63, 3.8) is 0 Å². The quantitative estimate of drug-likeness (QED) is 0.629. The average Bonchev–Trinajstić information content (AvgIpc) is 2.03. The molecule has 0 aromatic carbocycles. The highest BCUT2D eigenvalue weighted by Crippen LogP contribution is 2.06. The van der Waals surface area contributed by atoms with Crippen molar-refractivity contribution in [2.24, 2.45) is 0 Å². The number of nitrogens with one attached hydrogen (secondary N) is 2. The zero-order valence-corrected chi connectivity index (χ0v) is 8.72. The van der Waals surface area contributed by atoms with E-state index in [-0.39, 0.29) is 0 Å². The molecule has 2 N–H and O–H groups in total. The molecular weight excluding hydrogens is 162 g/mol. The van der Waals surface area contributed by atoms with Gasteiger partial charge >= 0.3 is 0 Å². The first-order valence-corrected chi connectivity index (χ1v) is 4.83. The van der Waals surface area contributed by atoms with E-state index in [0.717, 1.165) is 19.6 Å². The fourth-order valence-electron chi connectivity index (χ4n) is 1.51. The van der Waals surface area contributed by atoms with Crippen molar-refractivity contribution in [3.8, 4) is 0 Å². The maximum absolute atomic E-state index is 7.37. The lowest BCUT2D eigenvalue weighted by molar-refractivity contribution is 0.217. The summed E-state index contributed by atoms with van der Waals surface area (Å²) in [5.41, 5.74) is 1.79. The highest BCUT2D eigenvalue weighted by atomic mass is 15.2. The van der Waals surface area contributed by atoms with E-state index in [1.165, 1.54) is 5.70 Å². The minimum atomic E-state index is 0.594. The number of hydrogen-bond donors (Lipinski definition) is 2. The average molecular weight is 181 g/mol. The first kappa shape index (κ1) is 10.3. The molecule has 0 spiro atoms. The topological polar surface area (TPSA) is 39.1 Å². The predicted octanol–water partition coefficient (Wildman–Crippen LogP) is 1.22. The first-order valence-electron chi connectivity index (χ1n) is 4.83. The molecule has 3 heteroatoms. The van der Waals surface area contributed by atoms with Gasteiger partial charge in [0.25, 0.3) is 0 Å². The Labute approximate surface area is 80.3 Å². The van der Waals surface area contributed by atoms with E-state index < -0.39 is 0 Å². The van der Waals surface area contributed by atoms with Crippen molar-refractivity contribution in [3.05, 3.63) is 11.8 Å². The van der Waals surface area contributed by atoms with E-state index in [0.29, 0.717) is 11.8 Å². The monoisotopic (exact) mass is 181 g/mol. The van der Waals surface area contributed by atoms with Gasteiger partial charge in [0.15, 0.2) is 0 Å². The van der Waals surface area contributed by atoms with Crippen LogP contribution in [0.15, 0.2) is 11.8 Å². The second-order valence-electron chi connectivity index (χ2n) is 3.84. The lowest BCUT2D eigenvalue weighted by Crippen LogP contribution is -2.45. The van der Waals surface area contributed by atoms with Crippen LogP contribution in [-0.2, 0) is 0 Å². The van der Waals surface area contributed by atoms with Crippen LogP contribution < -0.4 is 5.32 Å². The van der Waals surface area contributed by atoms with Crippen LogP contribution in [-0.4, -0.2) is 36.3 Å². The lowest BCUT2D eigenvalue weighted by Gasteiger charge is -2.32. The highest BCUT2D eigenvalue weighted by Gasteiger charge is 2.15. The smallest absolute Gasteiger partial charge is 0.0385 e. The van der Waals surface area contributed by atoms with Crippen molar-refractivity contribution in [2.45, 2.75) is 26.8 Å². The second-order valence-corrected chi connectivity index (χ2v) is 3.84. The van der Waals surface area contributed by atoms with Crippen molar-refractivity contribution in [1.29, 1.82) is 5.41 Å². The summed E-state index contributed by atoms with van der Waals surface area (Å²) in [6.45, 7) is 9.28. The third-order valence-corrected chi connectivity index (χ3v) is 2.25. The van der Waals surface area contributed by atoms with Crippen LogP contribution in [0.1, 0.15) is 20.8 Å². The van der Waals surface area contributed by atoms with Crippen LogP contribution in [0.25, 0.3) is 0 Å². The van der Waals surface area contributed by atoms with E-state index in [1.54, 1.807) is 0 Å². The number of nitrogens with zero attached hydrogens (tertiary/aromatic N) is 1. The summed E-state index contributed by atoms with van der Waals surface area (Å²) < 4.78 is 0. The molecule has 1 aliphatic heterocycles. The molecule has 3 nitrogen and oxygen atoms in total. The number of rotatable bonds is 2. The van der Waals surface area contributed by atoms with Gasteiger partial charge in [-0.3, -0.25) is 4.90 Å². The molecule has 0 amide bonds. The zero-order chi connectivity index (χ0) is 9.84. The molecule has 1 rings (SSSR count). The largest absolute Gasteiger partial charge is 0.386 e. The van der Waals surface area contributed by atoms with Crippen molar-refractivity contribution in [1.82, 2.24) is 10.2 Å². The van der Waals surface area contributed by atoms with Gasteiger partial charge in [0.2, 0.25) is 0 Å². The maximum Gasteiger partial charge on any atom is 0.0385 e. The molecule has 1 saturated heterocycles. The molecule has 1 aliphatic rings. The van der Waals surface area contributed by atoms with E-state index in [9.17, 15) is 0 Å². The van der Waals surface area contributed by atoms with Gasteiger partial charge in [0, 0.05) is 37.1 Å². The van der Waals surface area contributed by atoms with E-state index in [4.69, 9.17) is 5.41 Å². The number of hydrogen-bond acceptors (Lipinski definition) is 3. The highest BCUT2D eigenvalue weighted by molar-refractivity contribution is 5.90. The van der Waals surface area contributed by atoms with Crippen LogP contribution in [0.4, 0.5) is 0 Å². The van der Waals surface area contributed by atoms with Gasteiger partial charge in [0.1, 0.15) is 0 Å².